The first-order chi connectivity index (χ1) is 22.1. The number of rotatable bonds is 10. The SMILES string of the molecule is Cc1cc(S(=O)(=O)N2CC[C@H](COc3ccnc(CNC(=O)OC(C)(C)C)c3)C2)ccc1O[C@H]1c2cc(Cl)cc(Cl)c2C[C@@H]1N(C)C. The second-order valence-electron chi connectivity index (χ2n) is 13.3. The van der Waals surface area contributed by atoms with E-state index in [0.29, 0.717) is 53.4 Å². The van der Waals surface area contributed by atoms with Crippen molar-refractivity contribution in [3.8, 4) is 11.5 Å². The van der Waals surface area contributed by atoms with Crippen molar-refractivity contribution >= 4 is 39.3 Å². The quantitative estimate of drug-likeness (QED) is 0.258. The highest BCUT2D eigenvalue weighted by Gasteiger charge is 2.38. The van der Waals surface area contributed by atoms with Gasteiger partial charge in [0.1, 0.15) is 23.2 Å². The fourth-order valence-corrected chi connectivity index (χ4v) is 8.10. The fourth-order valence-electron chi connectivity index (χ4n) is 5.90. The number of nitrogens with one attached hydrogen (secondary N) is 1. The molecule has 3 atom stereocenters. The van der Waals surface area contributed by atoms with Crippen molar-refractivity contribution in [3.63, 3.8) is 0 Å². The number of nitrogens with zero attached hydrogens (tertiary/aromatic N) is 3. The summed E-state index contributed by atoms with van der Waals surface area (Å²) >= 11 is 12.9. The highest BCUT2D eigenvalue weighted by atomic mass is 35.5. The predicted molar refractivity (Wildman–Crippen MR) is 182 cm³/mol. The van der Waals surface area contributed by atoms with Crippen LogP contribution in [0.1, 0.15) is 55.7 Å². The number of hydrogen-bond acceptors (Lipinski definition) is 8. The van der Waals surface area contributed by atoms with Gasteiger partial charge in [-0.2, -0.15) is 4.31 Å². The minimum Gasteiger partial charge on any atom is -0.493 e. The van der Waals surface area contributed by atoms with E-state index >= 15 is 0 Å². The van der Waals surface area contributed by atoms with Crippen LogP contribution in [0.25, 0.3) is 0 Å². The van der Waals surface area contributed by atoms with Gasteiger partial charge in [-0.1, -0.05) is 23.2 Å². The molecule has 0 radical (unpaired) electrons. The number of aromatic nitrogens is 1. The van der Waals surface area contributed by atoms with E-state index < -0.39 is 21.7 Å². The number of likely N-dealkylation sites (N-methyl/N-ethyl adjacent to an activating group) is 1. The molecular weight excluding hydrogens is 663 g/mol. The second-order valence-corrected chi connectivity index (χ2v) is 16.1. The summed E-state index contributed by atoms with van der Waals surface area (Å²) in [5.41, 5.74) is 2.71. The first-order valence-electron chi connectivity index (χ1n) is 15.6. The first-order valence-corrected chi connectivity index (χ1v) is 17.8. The molecule has 1 aliphatic heterocycles. The smallest absolute Gasteiger partial charge is 0.407 e. The highest BCUT2D eigenvalue weighted by Crippen LogP contribution is 2.43. The zero-order valence-electron chi connectivity index (χ0n) is 27.5. The molecule has 2 aliphatic rings. The van der Waals surface area contributed by atoms with Gasteiger partial charge in [0.2, 0.25) is 10.0 Å². The maximum atomic E-state index is 13.7. The van der Waals surface area contributed by atoms with Gasteiger partial charge in [0.05, 0.1) is 29.8 Å². The average molecular weight is 706 g/mol. The largest absolute Gasteiger partial charge is 0.493 e. The molecule has 2 heterocycles. The van der Waals surface area contributed by atoms with Crippen molar-refractivity contribution in [2.45, 2.75) is 69.7 Å². The van der Waals surface area contributed by atoms with Crippen LogP contribution in [0.3, 0.4) is 0 Å². The average Bonchev–Trinajstić information content (AvgIpc) is 3.61. The summed E-state index contributed by atoms with van der Waals surface area (Å²) in [5.74, 6) is 1.23. The van der Waals surface area contributed by atoms with Gasteiger partial charge in [-0.3, -0.25) is 4.98 Å². The van der Waals surface area contributed by atoms with Crippen molar-refractivity contribution in [2.75, 3.05) is 33.8 Å². The number of alkyl carbamates (subject to hydrolysis) is 1. The number of sulfonamides is 1. The summed E-state index contributed by atoms with van der Waals surface area (Å²) < 4.78 is 46.6. The molecule has 13 heteroatoms. The topological polar surface area (TPSA) is 110 Å². The number of ether oxygens (including phenoxy) is 3. The van der Waals surface area contributed by atoms with Crippen LogP contribution < -0.4 is 14.8 Å². The van der Waals surface area contributed by atoms with E-state index in [4.69, 9.17) is 37.4 Å². The Kier molecular flexibility index (Phi) is 10.6. The van der Waals surface area contributed by atoms with Crippen LogP contribution in [-0.4, -0.2) is 74.1 Å². The number of amides is 1. The van der Waals surface area contributed by atoms with Gasteiger partial charge in [-0.15, -0.1) is 0 Å². The van der Waals surface area contributed by atoms with Gasteiger partial charge in [0, 0.05) is 46.9 Å². The molecule has 1 aromatic heterocycles. The van der Waals surface area contributed by atoms with Crippen molar-refractivity contribution in [1.29, 1.82) is 0 Å². The fraction of sp³-hybridized carbons (Fsp3) is 0.471. The van der Waals surface area contributed by atoms with Crippen LogP contribution in [0.15, 0.2) is 53.6 Å². The Hall–Kier alpha value is -3.09. The van der Waals surface area contributed by atoms with Crippen molar-refractivity contribution in [2.24, 2.45) is 5.92 Å². The molecule has 10 nitrogen and oxygen atoms in total. The molecule has 1 amide bonds. The molecule has 0 bridgehead atoms. The van der Waals surface area contributed by atoms with Gasteiger partial charge in [0.15, 0.2) is 0 Å². The molecule has 1 aliphatic carbocycles. The van der Waals surface area contributed by atoms with Gasteiger partial charge in [-0.05, 0) is 102 Å². The van der Waals surface area contributed by atoms with Gasteiger partial charge < -0.3 is 24.4 Å². The zero-order valence-corrected chi connectivity index (χ0v) is 29.9. The van der Waals surface area contributed by atoms with Crippen LogP contribution in [0.2, 0.25) is 10.0 Å². The first kappa shape index (κ1) is 35.2. The molecule has 1 saturated heterocycles. The molecular formula is C34H42Cl2N4O6S. The summed E-state index contributed by atoms with van der Waals surface area (Å²) in [7, 11) is 0.277. The lowest BCUT2D eigenvalue weighted by atomic mass is 10.1. The predicted octanol–water partition coefficient (Wildman–Crippen LogP) is 6.42. The minimum atomic E-state index is -3.72. The van der Waals surface area contributed by atoms with E-state index in [2.05, 4.69) is 15.2 Å². The molecule has 2 aromatic carbocycles. The third kappa shape index (κ3) is 8.50. The third-order valence-electron chi connectivity index (χ3n) is 8.30. The van der Waals surface area contributed by atoms with E-state index in [1.165, 1.54) is 4.31 Å². The Morgan fingerprint density at radius 1 is 1.13 bits per heavy atom. The normalized spacial score (nSPS) is 19.9. The molecule has 1 fully saturated rings. The number of carbonyl (C=O) groups excluding carboxylic acids is 1. The Labute approximate surface area is 287 Å². The molecule has 1 N–H and O–H groups in total. The van der Waals surface area contributed by atoms with Gasteiger partial charge in [-0.25, -0.2) is 13.2 Å². The summed E-state index contributed by atoms with van der Waals surface area (Å²) in [6, 6.07) is 12.2. The lowest BCUT2D eigenvalue weighted by Gasteiger charge is -2.28. The van der Waals surface area contributed by atoms with E-state index in [-0.39, 0.29) is 29.5 Å². The highest BCUT2D eigenvalue weighted by molar-refractivity contribution is 7.89. The molecule has 254 valence electrons. The van der Waals surface area contributed by atoms with E-state index in [1.54, 1.807) is 63.4 Å². The van der Waals surface area contributed by atoms with Crippen molar-refractivity contribution < 1.29 is 27.4 Å². The van der Waals surface area contributed by atoms with Crippen LogP contribution in [0.5, 0.6) is 11.5 Å². The second kappa shape index (κ2) is 14.2. The van der Waals surface area contributed by atoms with Crippen molar-refractivity contribution in [1.82, 2.24) is 19.5 Å². The van der Waals surface area contributed by atoms with Crippen molar-refractivity contribution in [3.05, 3.63) is 81.1 Å². The van der Waals surface area contributed by atoms with E-state index in [0.717, 1.165) is 23.1 Å². The molecule has 3 aromatic rings. The number of fused-ring (bicyclic) bond motifs is 1. The van der Waals surface area contributed by atoms with Crippen LogP contribution >= 0.6 is 23.2 Å². The lowest BCUT2D eigenvalue weighted by molar-refractivity contribution is 0.0522. The number of aryl methyl sites for hydroxylation is 1. The summed E-state index contributed by atoms with van der Waals surface area (Å²) in [5, 5.41) is 3.86. The van der Waals surface area contributed by atoms with Crippen LogP contribution in [-0.2, 0) is 27.7 Å². The third-order valence-corrected chi connectivity index (χ3v) is 10.7. The maximum absolute atomic E-state index is 13.7. The molecule has 0 unspecified atom stereocenters. The lowest BCUT2D eigenvalue weighted by Crippen LogP contribution is -2.34. The molecule has 0 spiro atoms. The van der Waals surface area contributed by atoms with E-state index in [9.17, 15) is 13.2 Å². The number of carbonyl (C=O) groups is 1. The number of benzene rings is 2. The van der Waals surface area contributed by atoms with Crippen LogP contribution in [0, 0.1) is 12.8 Å². The van der Waals surface area contributed by atoms with Crippen LogP contribution in [0.4, 0.5) is 4.79 Å². The Balaban J connectivity index is 1.19. The monoisotopic (exact) mass is 704 g/mol. The standard InChI is InChI=1S/C34H42Cl2N4O6S/c1-21-13-26(7-8-31(21)45-32-28-14-23(35)15-29(36)27(28)17-30(32)39(5)6)47(42,43)40-12-10-22(19-40)20-44-25-9-11-37-24(16-25)18-38-33(41)46-34(2,3)4/h7-9,11,13-16,22,30,32H,10,12,17-20H2,1-6H3,(H,38,41)/t22-,30-,32-/m0/s1. The number of pyridine rings is 1. The molecule has 0 saturated carbocycles. The number of hydrogen-bond donors (Lipinski definition) is 1. The minimum absolute atomic E-state index is 0.0223. The summed E-state index contributed by atoms with van der Waals surface area (Å²) in [4.78, 5) is 18.6. The van der Waals surface area contributed by atoms with Gasteiger partial charge >= 0.3 is 6.09 Å². The summed E-state index contributed by atoms with van der Waals surface area (Å²) in [6.45, 7) is 8.54. The maximum Gasteiger partial charge on any atom is 0.407 e. The molecule has 5 rings (SSSR count). The zero-order chi connectivity index (χ0) is 34.1. The number of halogens is 2. The Bertz CT molecular complexity index is 1730. The van der Waals surface area contributed by atoms with E-state index in [1.807, 2.05) is 27.1 Å². The summed E-state index contributed by atoms with van der Waals surface area (Å²) in [6.07, 6.45) is 2.18. The molecule has 47 heavy (non-hydrogen) atoms. The Morgan fingerprint density at radius 3 is 2.60 bits per heavy atom. The van der Waals surface area contributed by atoms with Gasteiger partial charge in [0.25, 0.3) is 0 Å². The Morgan fingerprint density at radius 2 is 1.89 bits per heavy atom.